The molecule has 2 N–H and O–H groups in total. The first-order valence-corrected chi connectivity index (χ1v) is 4.74. The lowest BCUT2D eigenvalue weighted by molar-refractivity contribution is 0.0331. The van der Waals surface area contributed by atoms with Crippen LogP contribution in [0, 0.1) is 0 Å². The zero-order valence-electron chi connectivity index (χ0n) is 6.23. The van der Waals surface area contributed by atoms with E-state index in [1.165, 1.54) is 0 Å². The molecule has 0 spiro atoms. The van der Waals surface area contributed by atoms with E-state index in [2.05, 4.69) is 0 Å². The Morgan fingerprint density at radius 3 is 2.45 bits per heavy atom. The molecule has 6 heteroatoms. The molecule has 0 heterocycles. The lowest BCUT2D eigenvalue weighted by Gasteiger charge is -2.07. The quantitative estimate of drug-likeness (QED) is 0.550. The van der Waals surface area contributed by atoms with Crippen molar-refractivity contribution in [3.8, 4) is 0 Å². The monoisotopic (exact) mass is 184 g/mol. The Balaban J connectivity index is 3.43. The van der Waals surface area contributed by atoms with E-state index in [9.17, 15) is 8.42 Å². The van der Waals surface area contributed by atoms with E-state index in [1.54, 1.807) is 6.92 Å². The number of aliphatic hydroxyl groups is 1. The van der Waals surface area contributed by atoms with E-state index in [0.29, 0.717) is 0 Å². The molecular weight excluding hydrogens is 172 g/mol. The molecule has 0 fully saturated rings. The van der Waals surface area contributed by atoms with Gasteiger partial charge in [-0.3, -0.25) is 4.55 Å². The van der Waals surface area contributed by atoms with Gasteiger partial charge in [0.15, 0.2) is 0 Å². The predicted molar refractivity (Wildman–Crippen MR) is 38.9 cm³/mol. The Bertz CT molecular complexity index is 185. The van der Waals surface area contributed by atoms with Crippen molar-refractivity contribution in [3.05, 3.63) is 0 Å². The second-order valence-corrected chi connectivity index (χ2v) is 3.72. The van der Waals surface area contributed by atoms with E-state index in [-0.39, 0.29) is 13.2 Å². The van der Waals surface area contributed by atoms with Crippen LogP contribution in [0.2, 0.25) is 0 Å². The molecule has 0 aliphatic heterocycles. The molecule has 0 bridgehead atoms. The molecule has 0 amide bonds. The SMILES string of the molecule is CC(CO)OCCS(=O)(=O)O. The number of hydrogen-bond donors (Lipinski definition) is 2. The molecule has 0 radical (unpaired) electrons. The minimum atomic E-state index is -3.93. The summed E-state index contributed by atoms with van der Waals surface area (Å²) in [5.74, 6) is -0.433. The third-order valence-electron chi connectivity index (χ3n) is 1.00. The fraction of sp³-hybridized carbons (Fsp3) is 1.00. The van der Waals surface area contributed by atoms with Gasteiger partial charge in [-0.2, -0.15) is 8.42 Å². The molecule has 0 aliphatic carbocycles. The van der Waals surface area contributed by atoms with Crippen LogP contribution in [0.1, 0.15) is 6.92 Å². The highest BCUT2D eigenvalue weighted by molar-refractivity contribution is 7.85. The standard InChI is InChI=1S/C5H12O5S/c1-5(4-6)10-2-3-11(7,8)9/h5-6H,2-4H2,1H3,(H,7,8,9). The van der Waals surface area contributed by atoms with Crippen LogP contribution in [0.25, 0.3) is 0 Å². The van der Waals surface area contributed by atoms with Crippen molar-refractivity contribution in [1.29, 1.82) is 0 Å². The second kappa shape index (κ2) is 4.66. The van der Waals surface area contributed by atoms with Gasteiger partial charge in [0.05, 0.1) is 25.1 Å². The molecule has 0 aliphatic rings. The smallest absolute Gasteiger partial charge is 0.267 e. The van der Waals surface area contributed by atoms with Gasteiger partial charge in [0.1, 0.15) is 0 Å². The van der Waals surface area contributed by atoms with Crippen molar-refractivity contribution in [2.24, 2.45) is 0 Å². The summed E-state index contributed by atoms with van der Waals surface area (Å²) >= 11 is 0. The summed E-state index contributed by atoms with van der Waals surface area (Å²) in [6, 6.07) is 0. The van der Waals surface area contributed by atoms with Gasteiger partial charge in [-0.1, -0.05) is 0 Å². The lowest BCUT2D eigenvalue weighted by atomic mass is 10.4. The normalized spacial score (nSPS) is 14.8. The van der Waals surface area contributed by atoms with Crippen molar-refractivity contribution < 1.29 is 22.8 Å². The molecule has 1 unspecified atom stereocenters. The van der Waals surface area contributed by atoms with Crippen molar-refractivity contribution in [3.63, 3.8) is 0 Å². The van der Waals surface area contributed by atoms with Crippen molar-refractivity contribution in [1.82, 2.24) is 0 Å². The molecule has 0 rings (SSSR count). The van der Waals surface area contributed by atoms with Gasteiger partial charge >= 0.3 is 0 Å². The molecule has 0 saturated heterocycles. The molecule has 0 aromatic rings. The molecule has 11 heavy (non-hydrogen) atoms. The summed E-state index contributed by atoms with van der Waals surface area (Å²) in [7, 11) is -3.93. The molecular formula is C5H12O5S. The maximum absolute atomic E-state index is 10.1. The molecule has 1 atom stereocenters. The first-order chi connectivity index (χ1) is 4.95. The highest BCUT2D eigenvalue weighted by atomic mass is 32.2. The van der Waals surface area contributed by atoms with Gasteiger partial charge in [-0.15, -0.1) is 0 Å². The fourth-order valence-electron chi connectivity index (χ4n) is 0.407. The number of aliphatic hydroxyl groups excluding tert-OH is 1. The van der Waals surface area contributed by atoms with Crippen LogP contribution < -0.4 is 0 Å². The minimum absolute atomic E-state index is 0.0967. The number of rotatable bonds is 5. The van der Waals surface area contributed by atoms with Crippen LogP contribution >= 0.6 is 0 Å². The van der Waals surface area contributed by atoms with Gasteiger partial charge in [-0.25, -0.2) is 0 Å². The highest BCUT2D eigenvalue weighted by Gasteiger charge is 2.05. The lowest BCUT2D eigenvalue weighted by Crippen LogP contribution is -2.18. The van der Waals surface area contributed by atoms with Crippen LogP contribution in [0.4, 0.5) is 0 Å². The van der Waals surface area contributed by atoms with Gasteiger partial charge in [0, 0.05) is 0 Å². The second-order valence-electron chi connectivity index (χ2n) is 2.15. The van der Waals surface area contributed by atoms with Gasteiger partial charge in [0.25, 0.3) is 10.1 Å². The van der Waals surface area contributed by atoms with Crippen LogP contribution in [0.3, 0.4) is 0 Å². The Morgan fingerprint density at radius 2 is 2.09 bits per heavy atom. The van der Waals surface area contributed by atoms with Crippen LogP contribution in [0.5, 0.6) is 0 Å². The summed E-state index contributed by atoms with van der Waals surface area (Å²) in [6.07, 6.45) is -0.392. The summed E-state index contributed by atoms with van der Waals surface area (Å²) < 4.78 is 33.2. The number of ether oxygens (including phenoxy) is 1. The number of hydrogen-bond acceptors (Lipinski definition) is 4. The average molecular weight is 184 g/mol. The van der Waals surface area contributed by atoms with Crippen molar-refractivity contribution in [2.75, 3.05) is 19.0 Å². The molecule has 0 aromatic heterocycles. The molecule has 0 saturated carbocycles. The van der Waals surface area contributed by atoms with Gasteiger partial charge in [-0.05, 0) is 6.92 Å². The summed E-state index contributed by atoms with van der Waals surface area (Å²) in [6.45, 7) is 1.34. The average Bonchev–Trinajstić information content (AvgIpc) is 1.85. The van der Waals surface area contributed by atoms with Gasteiger partial charge in [0.2, 0.25) is 0 Å². The predicted octanol–water partition coefficient (Wildman–Crippen LogP) is -0.728. The van der Waals surface area contributed by atoms with E-state index < -0.39 is 22.0 Å². The Kier molecular flexibility index (Phi) is 4.58. The molecule has 5 nitrogen and oxygen atoms in total. The van der Waals surface area contributed by atoms with Crippen LogP contribution in [-0.2, 0) is 14.9 Å². The maximum atomic E-state index is 10.1. The molecule has 0 aromatic carbocycles. The summed E-state index contributed by atoms with van der Waals surface area (Å²) in [5, 5.41) is 8.43. The highest BCUT2D eigenvalue weighted by Crippen LogP contribution is 1.90. The van der Waals surface area contributed by atoms with Gasteiger partial charge < -0.3 is 9.84 Å². The zero-order chi connectivity index (χ0) is 8.91. The molecule has 68 valence electrons. The zero-order valence-corrected chi connectivity index (χ0v) is 7.04. The van der Waals surface area contributed by atoms with E-state index in [0.717, 1.165) is 0 Å². The Labute approximate surface area is 65.7 Å². The largest absolute Gasteiger partial charge is 0.394 e. The third-order valence-corrected chi connectivity index (χ3v) is 1.68. The first-order valence-electron chi connectivity index (χ1n) is 3.13. The van der Waals surface area contributed by atoms with Crippen molar-refractivity contribution >= 4 is 10.1 Å². The summed E-state index contributed by atoms with van der Waals surface area (Å²) in [5.41, 5.74) is 0. The minimum Gasteiger partial charge on any atom is -0.394 e. The first kappa shape index (κ1) is 10.8. The third kappa shape index (κ3) is 7.73. The summed E-state index contributed by atoms with van der Waals surface area (Å²) in [4.78, 5) is 0. The topological polar surface area (TPSA) is 83.8 Å². The van der Waals surface area contributed by atoms with E-state index in [1.807, 2.05) is 0 Å². The van der Waals surface area contributed by atoms with E-state index in [4.69, 9.17) is 14.4 Å². The van der Waals surface area contributed by atoms with Crippen LogP contribution in [-0.4, -0.2) is 43.1 Å². The fourth-order valence-corrected chi connectivity index (χ4v) is 0.714. The van der Waals surface area contributed by atoms with Crippen molar-refractivity contribution in [2.45, 2.75) is 13.0 Å². The van der Waals surface area contributed by atoms with Crippen LogP contribution in [0.15, 0.2) is 0 Å². The van der Waals surface area contributed by atoms with E-state index >= 15 is 0 Å². The maximum Gasteiger partial charge on any atom is 0.267 e. The Hall–Kier alpha value is -0.170. The Morgan fingerprint density at radius 1 is 1.55 bits per heavy atom.